The molecule has 0 unspecified atom stereocenters. The lowest BCUT2D eigenvalue weighted by Gasteiger charge is -2.10. The molecule has 47 heavy (non-hydrogen) atoms. The van der Waals surface area contributed by atoms with Crippen LogP contribution in [0.3, 0.4) is 0 Å². The molecule has 0 bridgehead atoms. The van der Waals surface area contributed by atoms with E-state index in [0.29, 0.717) is 36.5 Å². The quantitative estimate of drug-likeness (QED) is 0.0270. The number of carboxylic acid groups (broad SMARTS) is 1. The van der Waals surface area contributed by atoms with Gasteiger partial charge in [0.1, 0.15) is 11.5 Å². The number of carbonyl (C=O) groups excluding carboxylic acids is 1. The fourth-order valence-corrected chi connectivity index (χ4v) is 5.03. The largest absolute Gasteiger partial charge is 0.494 e. The number of nitro benzene ring substituents is 1. The van der Waals surface area contributed by atoms with Crippen LogP contribution in [-0.2, 0) is 4.79 Å². The molecular weight excluding hydrogens is 598 g/mol. The van der Waals surface area contributed by atoms with Gasteiger partial charge in [0.05, 0.1) is 23.7 Å². The third kappa shape index (κ3) is 13.3. The van der Waals surface area contributed by atoms with E-state index in [1.54, 1.807) is 30.3 Å². The van der Waals surface area contributed by atoms with E-state index in [9.17, 15) is 19.7 Å². The van der Waals surface area contributed by atoms with E-state index in [-0.39, 0.29) is 17.0 Å². The van der Waals surface area contributed by atoms with Crippen molar-refractivity contribution in [1.29, 1.82) is 0 Å². The lowest BCUT2D eigenvalue weighted by Crippen LogP contribution is -2.10. The Morgan fingerprint density at radius 2 is 1.23 bits per heavy atom. The van der Waals surface area contributed by atoms with Crippen LogP contribution < -0.4 is 14.2 Å². The molecule has 0 spiro atoms. The highest BCUT2D eigenvalue weighted by molar-refractivity contribution is 5.92. The number of hydrogen-bond donors (Lipinski definition) is 1. The number of hydrogen-bond acceptors (Lipinski definition) is 7. The van der Waals surface area contributed by atoms with Crippen molar-refractivity contribution < 1.29 is 33.8 Å². The van der Waals surface area contributed by atoms with Crippen LogP contribution in [0.1, 0.15) is 101 Å². The van der Waals surface area contributed by atoms with E-state index in [4.69, 9.17) is 19.3 Å². The summed E-state index contributed by atoms with van der Waals surface area (Å²) in [6.07, 6.45) is 13.5. The molecule has 252 valence electrons. The summed E-state index contributed by atoms with van der Waals surface area (Å²) in [6.45, 7) is 6.92. The molecule has 0 aliphatic rings. The van der Waals surface area contributed by atoms with Gasteiger partial charge in [0.15, 0.2) is 0 Å². The van der Waals surface area contributed by atoms with Gasteiger partial charge in [-0.1, -0.05) is 89.5 Å². The molecule has 3 aromatic rings. The van der Waals surface area contributed by atoms with Crippen LogP contribution in [0.25, 0.3) is 11.1 Å². The SMILES string of the molecule is C=C(CCCCCCCCCCCOc1ccc(C(=O)Oc2ccc(-c3ccc(OCCCCC)cc3)cc2[N+](=O)[O-])cc1)C(=O)O. The van der Waals surface area contributed by atoms with Gasteiger partial charge in [-0.25, -0.2) is 9.59 Å². The Bertz CT molecular complexity index is 1430. The Morgan fingerprint density at radius 1 is 0.723 bits per heavy atom. The summed E-state index contributed by atoms with van der Waals surface area (Å²) in [6, 6.07) is 18.5. The van der Waals surface area contributed by atoms with E-state index in [2.05, 4.69) is 13.5 Å². The van der Waals surface area contributed by atoms with Crippen LogP contribution >= 0.6 is 0 Å². The monoisotopic (exact) mass is 645 g/mol. The fraction of sp³-hybridized carbons (Fsp3) is 0.421. The second-order valence-corrected chi connectivity index (χ2v) is 11.6. The van der Waals surface area contributed by atoms with Gasteiger partial charge in [0.25, 0.3) is 0 Å². The highest BCUT2D eigenvalue weighted by atomic mass is 16.6. The zero-order valence-electron chi connectivity index (χ0n) is 27.4. The first-order chi connectivity index (χ1) is 22.8. The molecule has 0 aromatic heterocycles. The van der Waals surface area contributed by atoms with Gasteiger partial charge >= 0.3 is 17.6 Å². The standard InChI is InChI=1S/C38H47NO8/c1-3-4-13-26-45-33-21-16-30(17-22-33)32-20-25-36(35(28-32)39(43)44)47-38(42)31-18-23-34(24-19-31)46-27-14-11-9-7-5-6-8-10-12-15-29(2)37(40)41/h16-25,28H,2-15,26-27H2,1H3,(H,40,41). The van der Waals surface area contributed by atoms with E-state index in [1.165, 1.54) is 25.0 Å². The number of rotatable bonds is 23. The zero-order chi connectivity index (χ0) is 33.9. The molecule has 0 saturated carbocycles. The van der Waals surface area contributed by atoms with Gasteiger partial charge < -0.3 is 19.3 Å². The van der Waals surface area contributed by atoms with Gasteiger partial charge in [0.2, 0.25) is 5.75 Å². The van der Waals surface area contributed by atoms with Crippen molar-refractivity contribution >= 4 is 17.6 Å². The van der Waals surface area contributed by atoms with Crippen LogP contribution in [0.4, 0.5) is 5.69 Å². The van der Waals surface area contributed by atoms with Crippen LogP contribution in [-0.4, -0.2) is 35.2 Å². The number of carbonyl (C=O) groups is 2. The molecule has 9 nitrogen and oxygen atoms in total. The van der Waals surface area contributed by atoms with Gasteiger partial charge in [-0.15, -0.1) is 0 Å². The summed E-state index contributed by atoms with van der Waals surface area (Å²) >= 11 is 0. The minimum atomic E-state index is -0.902. The summed E-state index contributed by atoms with van der Waals surface area (Å²) in [5.74, 6) is -0.331. The number of aliphatic carboxylic acids is 1. The third-order valence-electron chi connectivity index (χ3n) is 7.85. The lowest BCUT2D eigenvalue weighted by molar-refractivity contribution is -0.385. The minimum Gasteiger partial charge on any atom is -0.494 e. The smallest absolute Gasteiger partial charge is 0.343 e. The topological polar surface area (TPSA) is 125 Å². The number of nitrogens with zero attached hydrogens (tertiary/aromatic N) is 1. The second kappa shape index (κ2) is 20.5. The number of benzene rings is 3. The average Bonchev–Trinajstić information content (AvgIpc) is 3.07. The minimum absolute atomic E-state index is 0.123. The molecule has 0 saturated heterocycles. The summed E-state index contributed by atoms with van der Waals surface area (Å²) in [7, 11) is 0. The molecular formula is C38H47NO8. The Labute approximate surface area is 277 Å². The highest BCUT2D eigenvalue weighted by Crippen LogP contribution is 2.33. The Hall–Kier alpha value is -4.66. The van der Waals surface area contributed by atoms with E-state index in [0.717, 1.165) is 75.5 Å². The average molecular weight is 646 g/mol. The predicted octanol–water partition coefficient (Wildman–Crippen LogP) is 9.97. The molecule has 0 amide bonds. The Balaban J connectivity index is 1.38. The van der Waals surface area contributed by atoms with E-state index < -0.39 is 16.9 Å². The molecule has 3 aromatic carbocycles. The van der Waals surface area contributed by atoms with E-state index in [1.807, 2.05) is 24.3 Å². The maximum Gasteiger partial charge on any atom is 0.343 e. The Kier molecular flexibility index (Phi) is 16.0. The third-order valence-corrected chi connectivity index (χ3v) is 7.85. The normalized spacial score (nSPS) is 10.7. The Morgan fingerprint density at radius 3 is 1.79 bits per heavy atom. The molecule has 3 rings (SSSR count). The van der Waals surface area contributed by atoms with Crippen molar-refractivity contribution in [3.8, 4) is 28.4 Å². The first-order valence-corrected chi connectivity index (χ1v) is 16.7. The van der Waals surface area contributed by atoms with Crippen LogP contribution in [0, 0.1) is 10.1 Å². The van der Waals surface area contributed by atoms with Crippen LogP contribution in [0.2, 0.25) is 0 Å². The maximum absolute atomic E-state index is 12.8. The fourth-order valence-electron chi connectivity index (χ4n) is 5.03. The van der Waals surface area contributed by atoms with Gasteiger partial charge in [0, 0.05) is 11.6 Å². The van der Waals surface area contributed by atoms with Crippen molar-refractivity contribution in [2.75, 3.05) is 13.2 Å². The molecule has 1 N–H and O–H groups in total. The van der Waals surface area contributed by atoms with Crippen molar-refractivity contribution in [1.82, 2.24) is 0 Å². The second-order valence-electron chi connectivity index (χ2n) is 11.6. The first kappa shape index (κ1) is 36.8. The van der Waals surface area contributed by atoms with Crippen LogP contribution in [0.15, 0.2) is 78.9 Å². The summed E-state index contributed by atoms with van der Waals surface area (Å²) in [5.41, 5.74) is 1.67. The first-order valence-electron chi connectivity index (χ1n) is 16.7. The summed E-state index contributed by atoms with van der Waals surface area (Å²) < 4.78 is 17.0. The van der Waals surface area contributed by atoms with Crippen molar-refractivity contribution in [3.05, 3.63) is 94.6 Å². The number of carboxylic acids is 1. The number of esters is 1. The van der Waals surface area contributed by atoms with Gasteiger partial charge in [-0.3, -0.25) is 10.1 Å². The number of unbranched alkanes of at least 4 members (excludes halogenated alkanes) is 10. The number of nitro groups is 1. The van der Waals surface area contributed by atoms with Gasteiger partial charge in [-0.05, 0) is 79.3 Å². The van der Waals surface area contributed by atoms with Crippen LogP contribution in [0.5, 0.6) is 17.2 Å². The molecule has 0 heterocycles. The lowest BCUT2D eigenvalue weighted by atomic mass is 10.0. The van der Waals surface area contributed by atoms with Crippen molar-refractivity contribution in [3.63, 3.8) is 0 Å². The molecule has 0 aliphatic heterocycles. The zero-order valence-corrected chi connectivity index (χ0v) is 27.4. The molecule has 0 fully saturated rings. The summed E-state index contributed by atoms with van der Waals surface area (Å²) in [4.78, 5) is 34.8. The molecule has 0 aliphatic carbocycles. The van der Waals surface area contributed by atoms with E-state index >= 15 is 0 Å². The maximum atomic E-state index is 12.8. The molecule has 0 radical (unpaired) electrons. The van der Waals surface area contributed by atoms with Gasteiger partial charge in [-0.2, -0.15) is 0 Å². The number of ether oxygens (including phenoxy) is 3. The molecule has 0 atom stereocenters. The molecule has 9 heteroatoms. The summed E-state index contributed by atoms with van der Waals surface area (Å²) in [5, 5.41) is 20.7. The highest BCUT2D eigenvalue weighted by Gasteiger charge is 2.20. The van der Waals surface area contributed by atoms with Crippen molar-refractivity contribution in [2.24, 2.45) is 0 Å². The predicted molar refractivity (Wildman–Crippen MR) is 183 cm³/mol. The van der Waals surface area contributed by atoms with Crippen molar-refractivity contribution in [2.45, 2.75) is 90.4 Å².